The van der Waals surface area contributed by atoms with E-state index in [2.05, 4.69) is 31.0 Å². The summed E-state index contributed by atoms with van der Waals surface area (Å²) in [5.74, 6) is -1.85. The summed E-state index contributed by atoms with van der Waals surface area (Å²) < 4.78 is 38.1. The van der Waals surface area contributed by atoms with Gasteiger partial charge in [-0.15, -0.1) is 0 Å². The van der Waals surface area contributed by atoms with Gasteiger partial charge in [-0.05, 0) is 73.7 Å². The van der Waals surface area contributed by atoms with Gasteiger partial charge in [0.25, 0.3) is 0 Å². The highest BCUT2D eigenvalue weighted by Crippen LogP contribution is 2.48. The number of carbonyl (C=O) groups excluding carboxylic acids is 1. The van der Waals surface area contributed by atoms with Crippen LogP contribution < -0.4 is 5.32 Å². The first-order valence-corrected chi connectivity index (χ1v) is 10.2. The van der Waals surface area contributed by atoms with Gasteiger partial charge in [0.15, 0.2) is 0 Å². The molecule has 6 heteroatoms. The maximum atomic E-state index is 12.7. The number of nitrogens with one attached hydrogen (secondary N) is 1. The molecular weight excluding hydrogens is 365 g/mol. The van der Waals surface area contributed by atoms with Gasteiger partial charge in [0, 0.05) is 1.43 Å². The number of likely N-dealkylation sites (tertiary alicyclic amines) is 1. The number of nitrogens with zero attached hydrogens (tertiary/aromatic N) is 1. The van der Waals surface area contributed by atoms with Gasteiger partial charge in [0.2, 0.25) is 0 Å². The molecule has 0 aromatic heterocycles. The van der Waals surface area contributed by atoms with Gasteiger partial charge < -0.3 is 10.2 Å². The van der Waals surface area contributed by atoms with E-state index in [1.807, 2.05) is 24.3 Å². The molecule has 0 bridgehead atoms. The molecule has 1 aromatic rings. The number of hydrogen-bond acceptors (Lipinski definition) is 2. The summed E-state index contributed by atoms with van der Waals surface area (Å²) in [6, 6.07) is 7.17. The lowest BCUT2D eigenvalue weighted by molar-refractivity contribution is -0.174. The highest BCUT2D eigenvalue weighted by Gasteiger charge is 2.45. The second-order valence-corrected chi connectivity index (χ2v) is 9.58. The molecule has 0 saturated carbocycles. The number of alkyl halides is 3. The van der Waals surface area contributed by atoms with Crippen molar-refractivity contribution in [2.24, 2.45) is 5.41 Å². The molecule has 1 heterocycles. The van der Waals surface area contributed by atoms with Gasteiger partial charge in [-0.2, -0.15) is 13.2 Å². The molecule has 3 nitrogen and oxygen atoms in total. The Morgan fingerprint density at radius 3 is 2.43 bits per heavy atom. The first kappa shape index (κ1) is 21.2. The van der Waals surface area contributed by atoms with Crippen molar-refractivity contribution in [2.45, 2.75) is 70.5 Å². The number of rotatable bonds is 3. The molecule has 1 amide bonds. The molecule has 1 aromatic carbocycles. The standard InChI is InChI=1S/C22H31F3N2O.H2/c1-20(2,3)10-13-27-14-11-21(12-15-27)9-8-18(26-19(28)22(23,24)25)16-6-4-5-7-17(16)21;/h4-7,18H,8-15H2,1-3H3,(H,26,28);1H/t18-;/m0./s1. The molecule has 1 fully saturated rings. The summed E-state index contributed by atoms with van der Waals surface area (Å²) in [7, 11) is 0. The first-order chi connectivity index (χ1) is 13.0. The molecule has 2 aliphatic rings. The molecule has 158 valence electrons. The lowest BCUT2D eigenvalue weighted by atomic mass is 9.63. The fraction of sp³-hybridized carbons (Fsp3) is 0.682. The number of hydrogen-bond donors (Lipinski definition) is 1. The minimum Gasteiger partial charge on any atom is -0.341 e. The zero-order valence-corrected chi connectivity index (χ0v) is 17.0. The molecule has 0 unspecified atom stereocenters. The molecule has 1 saturated heterocycles. The highest BCUT2D eigenvalue weighted by atomic mass is 19.4. The van der Waals surface area contributed by atoms with Crippen LogP contribution in [0.3, 0.4) is 0 Å². The third-order valence-corrected chi connectivity index (χ3v) is 6.37. The molecule has 0 radical (unpaired) electrons. The van der Waals surface area contributed by atoms with Crippen molar-refractivity contribution in [3.8, 4) is 0 Å². The number of piperidine rings is 1. The average molecular weight is 399 g/mol. The zero-order chi connectivity index (χ0) is 20.6. The molecule has 1 aliphatic heterocycles. The normalized spacial score (nSPS) is 22.7. The van der Waals surface area contributed by atoms with Gasteiger partial charge in [-0.1, -0.05) is 45.0 Å². The Hall–Kier alpha value is -1.56. The van der Waals surface area contributed by atoms with E-state index in [-0.39, 0.29) is 6.84 Å². The smallest absolute Gasteiger partial charge is 0.341 e. The fourth-order valence-corrected chi connectivity index (χ4v) is 4.60. The minimum absolute atomic E-state index is 0. The summed E-state index contributed by atoms with van der Waals surface area (Å²) in [4.78, 5) is 14.0. The van der Waals surface area contributed by atoms with Crippen molar-refractivity contribution in [3.63, 3.8) is 0 Å². The largest absolute Gasteiger partial charge is 0.471 e. The monoisotopic (exact) mass is 398 g/mol. The van der Waals surface area contributed by atoms with E-state index in [0.717, 1.165) is 56.4 Å². The Morgan fingerprint density at radius 1 is 1.18 bits per heavy atom. The van der Waals surface area contributed by atoms with E-state index >= 15 is 0 Å². The van der Waals surface area contributed by atoms with Crippen LogP contribution in [0.5, 0.6) is 0 Å². The predicted molar refractivity (Wildman–Crippen MR) is 106 cm³/mol. The second-order valence-electron chi connectivity index (χ2n) is 9.58. The van der Waals surface area contributed by atoms with Gasteiger partial charge in [-0.25, -0.2) is 0 Å². The Labute approximate surface area is 167 Å². The quantitative estimate of drug-likeness (QED) is 0.757. The third kappa shape index (κ3) is 4.70. The Morgan fingerprint density at radius 2 is 1.82 bits per heavy atom. The van der Waals surface area contributed by atoms with Crippen molar-refractivity contribution < 1.29 is 19.4 Å². The van der Waals surface area contributed by atoms with Crippen LogP contribution >= 0.6 is 0 Å². The molecule has 1 N–H and O–H groups in total. The molecule has 1 atom stereocenters. The van der Waals surface area contributed by atoms with Crippen LogP contribution in [-0.2, 0) is 10.2 Å². The third-order valence-electron chi connectivity index (χ3n) is 6.37. The van der Waals surface area contributed by atoms with Crippen LogP contribution in [0.25, 0.3) is 0 Å². The highest BCUT2D eigenvalue weighted by molar-refractivity contribution is 5.82. The zero-order valence-electron chi connectivity index (χ0n) is 17.0. The van der Waals surface area contributed by atoms with E-state index < -0.39 is 18.1 Å². The van der Waals surface area contributed by atoms with Crippen LogP contribution in [-0.4, -0.2) is 36.6 Å². The van der Waals surface area contributed by atoms with Crippen molar-refractivity contribution in [1.82, 2.24) is 10.2 Å². The number of carbonyl (C=O) groups is 1. The van der Waals surface area contributed by atoms with Crippen molar-refractivity contribution in [2.75, 3.05) is 19.6 Å². The lowest BCUT2D eigenvalue weighted by Gasteiger charge is -2.47. The molecule has 1 aliphatic carbocycles. The summed E-state index contributed by atoms with van der Waals surface area (Å²) in [6.45, 7) is 9.89. The fourth-order valence-electron chi connectivity index (χ4n) is 4.60. The van der Waals surface area contributed by atoms with Crippen LogP contribution in [0.4, 0.5) is 13.2 Å². The predicted octanol–water partition coefficient (Wildman–Crippen LogP) is 5.22. The topological polar surface area (TPSA) is 32.3 Å². The molecule has 3 rings (SSSR count). The second kappa shape index (κ2) is 7.69. The van der Waals surface area contributed by atoms with Crippen molar-refractivity contribution in [3.05, 3.63) is 35.4 Å². The van der Waals surface area contributed by atoms with Crippen molar-refractivity contribution in [1.29, 1.82) is 0 Å². The lowest BCUT2D eigenvalue weighted by Crippen LogP contribution is -2.47. The maximum Gasteiger partial charge on any atom is 0.471 e. The number of halogens is 3. The van der Waals surface area contributed by atoms with E-state index in [9.17, 15) is 18.0 Å². The average Bonchev–Trinajstić information content (AvgIpc) is 2.62. The van der Waals surface area contributed by atoms with Crippen LogP contribution in [0.2, 0.25) is 0 Å². The molecule has 28 heavy (non-hydrogen) atoms. The Bertz CT molecular complexity index is 707. The van der Waals surface area contributed by atoms with Gasteiger partial charge in [0.1, 0.15) is 0 Å². The number of amides is 1. The SMILES string of the molecule is CC(C)(C)CCN1CCC2(CC[C@H](NC(=O)C(F)(F)F)c3ccccc32)CC1.[HH]. The summed E-state index contributed by atoms with van der Waals surface area (Å²) in [6.07, 6.45) is -0.270. The molecular formula is C22H33F3N2O. The number of fused-ring (bicyclic) bond motifs is 2. The van der Waals surface area contributed by atoms with E-state index in [4.69, 9.17) is 0 Å². The van der Waals surface area contributed by atoms with Crippen LogP contribution in [0.1, 0.15) is 71.5 Å². The minimum atomic E-state index is -4.84. The number of benzene rings is 1. The maximum absolute atomic E-state index is 12.7. The van der Waals surface area contributed by atoms with Gasteiger partial charge >= 0.3 is 12.1 Å². The van der Waals surface area contributed by atoms with Crippen molar-refractivity contribution >= 4 is 5.91 Å². The summed E-state index contributed by atoms with van der Waals surface area (Å²) in [5.41, 5.74) is 2.32. The van der Waals surface area contributed by atoms with Gasteiger partial charge in [-0.3, -0.25) is 4.79 Å². The van der Waals surface area contributed by atoms with E-state index in [1.165, 1.54) is 0 Å². The Kier molecular flexibility index (Phi) is 5.81. The van der Waals surface area contributed by atoms with E-state index in [1.54, 1.807) is 0 Å². The summed E-state index contributed by atoms with van der Waals surface area (Å²) in [5, 5.41) is 2.21. The van der Waals surface area contributed by atoms with Crippen LogP contribution in [0, 0.1) is 5.41 Å². The first-order valence-electron chi connectivity index (χ1n) is 10.2. The summed E-state index contributed by atoms with van der Waals surface area (Å²) >= 11 is 0. The van der Waals surface area contributed by atoms with Gasteiger partial charge in [0.05, 0.1) is 6.04 Å². The Balaban J connectivity index is 0.00000300. The molecule has 1 spiro atoms. The van der Waals surface area contributed by atoms with E-state index in [0.29, 0.717) is 11.8 Å². The van der Waals surface area contributed by atoms with Crippen LogP contribution in [0.15, 0.2) is 24.3 Å².